The van der Waals surface area contributed by atoms with Crippen molar-refractivity contribution in [2.45, 2.75) is 19.4 Å². The fraction of sp³-hybridized carbons (Fsp3) is 0.519. The highest BCUT2D eigenvalue weighted by Gasteiger charge is 2.26. The van der Waals surface area contributed by atoms with E-state index in [0.29, 0.717) is 50.9 Å². The third-order valence-corrected chi connectivity index (χ3v) is 6.96. The van der Waals surface area contributed by atoms with Crippen LogP contribution in [-0.2, 0) is 22.5 Å². The van der Waals surface area contributed by atoms with E-state index < -0.39 is 0 Å². The molecular weight excluding hydrogens is 488 g/mol. The molecule has 38 heavy (non-hydrogen) atoms. The van der Waals surface area contributed by atoms with Gasteiger partial charge in [0.2, 0.25) is 5.91 Å². The molecule has 0 bridgehead atoms. The average Bonchev–Trinajstić information content (AvgIpc) is 2.93. The van der Waals surface area contributed by atoms with E-state index in [-0.39, 0.29) is 17.4 Å². The van der Waals surface area contributed by atoms with Crippen LogP contribution < -0.4 is 14.5 Å². The van der Waals surface area contributed by atoms with E-state index in [4.69, 9.17) is 19.4 Å². The smallest absolute Gasteiger partial charge is 0.318 e. The van der Waals surface area contributed by atoms with Gasteiger partial charge in [0.05, 0.1) is 37.7 Å². The molecule has 11 nitrogen and oxygen atoms in total. The van der Waals surface area contributed by atoms with Crippen LogP contribution in [0.15, 0.2) is 30.9 Å². The number of hydrogen-bond acceptors (Lipinski definition) is 10. The molecule has 4 rings (SSSR count). The van der Waals surface area contributed by atoms with Crippen LogP contribution in [0.25, 0.3) is 0 Å². The number of morpholine rings is 1. The quantitative estimate of drug-likeness (QED) is 0.331. The lowest BCUT2D eigenvalue weighted by Gasteiger charge is -2.33. The summed E-state index contributed by atoms with van der Waals surface area (Å²) < 4.78 is 11.4. The van der Waals surface area contributed by atoms with E-state index in [1.807, 2.05) is 16.8 Å². The SMILES string of the molecule is C=CC(=O)N(C)CCN(C)c1nc(OCCCN2CCOCC2)nc2c1CCN(c1ccc(O)cc1O)C2. The Morgan fingerprint density at radius 1 is 1.18 bits per heavy atom. The Bertz CT molecular complexity index is 1120. The van der Waals surface area contributed by atoms with Gasteiger partial charge in [-0.05, 0) is 31.1 Å². The lowest BCUT2D eigenvalue weighted by Crippen LogP contribution is -2.37. The van der Waals surface area contributed by atoms with Gasteiger partial charge in [0.25, 0.3) is 0 Å². The van der Waals surface area contributed by atoms with Gasteiger partial charge in [-0.15, -0.1) is 0 Å². The van der Waals surface area contributed by atoms with E-state index in [0.717, 1.165) is 56.3 Å². The lowest BCUT2D eigenvalue weighted by molar-refractivity contribution is -0.124. The predicted octanol–water partition coefficient (Wildman–Crippen LogP) is 1.63. The number of aromatic nitrogens is 2. The van der Waals surface area contributed by atoms with Crippen molar-refractivity contribution in [2.24, 2.45) is 0 Å². The molecule has 2 N–H and O–H groups in total. The van der Waals surface area contributed by atoms with Gasteiger partial charge in [-0.3, -0.25) is 9.69 Å². The van der Waals surface area contributed by atoms with Crippen LogP contribution in [0.5, 0.6) is 17.5 Å². The van der Waals surface area contributed by atoms with Crippen molar-refractivity contribution >= 4 is 17.4 Å². The number of fused-ring (bicyclic) bond motifs is 1. The molecule has 2 aromatic rings. The highest BCUT2D eigenvalue weighted by Crippen LogP contribution is 2.35. The zero-order chi connectivity index (χ0) is 27.1. The number of carbonyl (C=O) groups is 1. The van der Waals surface area contributed by atoms with Gasteiger partial charge < -0.3 is 34.4 Å². The lowest BCUT2D eigenvalue weighted by atomic mass is 10.0. The molecule has 2 aliphatic heterocycles. The molecule has 1 fully saturated rings. The van der Waals surface area contributed by atoms with Crippen molar-refractivity contribution in [3.05, 3.63) is 42.1 Å². The first-order chi connectivity index (χ1) is 18.4. The summed E-state index contributed by atoms with van der Waals surface area (Å²) in [6.07, 6.45) is 2.84. The van der Waals surface area contributed by atoms with Crippen molar-refractivity contribution in [1.82, 2.24) is 19.8 Å². The summed E-state index contributed by atoms with van der Waals surface area (Å²) in [5.74, 6) is 0.695. The molecule has 0 saturated carbocycles. The summed E-state index contributed by atoms with van der Waals surface area (Å²) >= 11 is 0. The topological polar surface area (TPSA) is 115 Å². The van der Waals surface area contributed by atoms with Crippen LogP contribution in [0.1, 0.15) is 17.7 Å². The Kier molecular flexibility index (Phi) is 9.24. The Balaban J connectivity index is 1.50. The number of phenols is 2. The second kappa shape index (κ2) is 12.8. The maximum atomic E-state index is 11.9. The molecule has 1 saturated heterocycles. The molecule has 206 valence electrons. The molecule has 2 aliphatic rings. The third kappa shape index (κ3) is 6.84. The van der Waals surface area contributed by atoms with Crippen LogP contribution >= 0.6 is 0 Å². The number of hydrogen-bond donors (Lipinski definition) is 2. The Morgan fingerprint density at radius 3 is 2.71 bits per heavy atom. The zero-order valence-corrected chi connectivity index (χ0v) is 22.3. The number of nitrogens with zero attached hydrogens (tertiary/aromatic N) is 6. The number of rotatable bonds is 11. The van der Waals surface area contributed by atoms with Gasteiger partial charge in [-0.25, -0.2) is 0 Å². The summed E-state index contributed by atoms with van der Waals surface area (Å²) in [6, 6.07) is 4.93. The minimum atomic E-state index is -0.128. The van der Waals surface area contributed by atoms with Crippen LogP contribution in [-0.4, -0.2) is 109 Å². The highest BCUT2D eigenvalue weighted by atomic mass is 16.5. The van der Waals surface area contributed by atoms with Crippen LogP contribution in [0.3, 0.4) is 0 Å². The second-order valence-electron chi connectivity index (χ2n) is 9.64. The third-order valence-electron chi connectivity index (χ3n) is 6.96. The maximum Gasteiger partial charge on any atom is 0.318 e. The second-order valence-corrected chi connectivity index (χ2v) is 9.64. The minimum absolute atomic E-state index is 0.0163. The Labute approximate surface area is 223 Å². The molecule has 3 heterocycles. The van der Waals surface area contributed by atoms with E-state index in [2.05, 4.69) is 11.5 Å². The van der Waals surface area contributed by atoms with E-state index in [1.165, 1.54) is 12.1 Å². The van der Waals surface area contributed by atoms with Crippen molar-refractivity contribution < 1.29 is 24.5 Å². The summed E-state index contributed by atoms with van der Waals surface area (Å²) in [4.78, 5) is 29.5. The molecule has 0 radical (unpaired) electrons. The van der Waals surface area contributed by atoms with Crippen LogP contribution in [0.4, 0.5) is 11.5 Å². The molecule has 1 aromatic carbocycles. The number of ether oxygens (including phenoxy) is 2. The maximum absolute atomic E-state index is 11.9. The number of anilines is 2. The van der Waals surface area contributed by atoms with Gasteiger partial charge in [0.1, 0.15) is 17.3 Å². The van der Waals surface area contributed by atoms with Crippen molar-refractivity contribution in [3.63, 3.8) is 0 Å². The monoisotopic (exact) mass is 526 g/mol. The fourth-order valence-corrected chi connectivity index (χ4v) is 4.70. The number of benzene rings is 1. The number of phenolic OH excluding ortho intramolecular Hbond substituents is 2. The molecule has 0 unspecified atom stereocenters. The van der Waals surface area contributed by atoms with Crippen molar-refractivity contribution in [2.75, 3.05) is 83.0 Å². The zero-order valence-electron chi connectivity index (χ0n) is 22.3. The van der Waals surface area contributed by atoms with E-state index in [9.17, 15) is 15.0 Å². The standard InChI is InChI=1S/C27H38N6O5/c1-4-25(36)30(2)11-12-31(3)26-21-8-10-33(23-7-6-20(34)18-24(23)35)19-22(21)28-27(29-26)38-15-5-9-32-13-16-37-17-14-32/h4,6-7,18,34-35H,1,5,8-17,19H2,2-3H3. The largest absolute Gasteiger partial charge is 0.508 e. The summed E-state index contributed by atoms with van der Waals surface area (Å²) in [5, 5.41) is 20.1. The van der Waals surface area contributed by atoms with Crippen molar-refractivity contribution in [3.8, 4) is 17.5 Å². The minimum Gasteiger partial charge on any atom is -0.508 e. The summed E-state index contributed by atoms with van der Waals surface area (Å²) in [6.45, 7) is 10.6. The summed E-state index contributed by atoms with van der Waals surface area (Å²) in [5.41, 5.74) is 2.50. The van der Waals surface area contributed by atoms with Gasteiger partial charge in [0.15, 0.2) is 0 Å². The molecule has 1 amide bonds. The molecule has 1 aromatic heterocycles. The molecular formula is C27H38N6O5. The Hall–Kier alpha value is -3.57. The number of amides is 1. The molecule has 0 spiro atoms. The van der Waals surface area contributed by atoms with Crippen molar-refractivity contribution in [1.29, 1.82) is 0 Å². The average molecular weight is 527 g/mol. The van der Waals surface area contributed by atoms with Gasteiger partial charge >= 0.3 is 6.01 Å². The number of carbonyl (C=O) groups excluding carboxylic acids is 1. The van der Waals surface area contributed by atoms with E-state index >= 15 is 0 Å². The van der Waals surface area contributed by atoms with Crippen LogP contribution in [0.2, 0.25) is 0 Å². The fourth-order valence-electron chi connectivity index (χ4n) is 4.70. The first kappa shape index (κ1) is 27.5. The predicted molar refractivity (Wildman–Crippen MR) is 145 cm³/mol. The summed E-state index contributed by atoms with van der Waals surface area (Å²) in [7, 11) is 3.70. The molecule has 0 aliphatic carbocycles. The normalized spacial score (nSPS) is 15.6. The van der Waals surface area contributed by atoms with E-state index in [1.54, 1.807) is 24.1 Å². The van der Waals surface area contributed by atoms with Gasteiger partial charge in [-0.1, -0.05) is 6.58 Å². The molecule has 0 atom stereocenters. The Morgan fingerprint density at radius 2 is 1.97 bits per heavy atom. The number of aromatic hydroxyl groups is 2. The number of likely N-dealkylation sites (N-methyl/N-ethyl adjacent to an activating group) is 2. The molecule has 11 heteroatoms. The first-order valence-electron chi connectivity index (χ1n) is 13.0. The first-order valence-corrected chi connectivity index (χ1v) is 13.0. The van der Waals surface area contributed by atoms with Gasteiger partial charge in [-0.2, -0.15) is 9.97 Å². The highest BCUT2D eigenvalue weighted by molar-refractivity contribution is 5.86. The van der Waals surface area contributed by atoms with Gasteiger partial charge in [0, 0.05) is 65.0 Å². The van der Waals surface area contributed by atoms with Crippen LogP contribution in [0, 0.1) is 0 Å².